The summed E-state index contributed by atoms with van der Waals surface area (Å²) in [6.07, 6.45) is 3.61. The number of H-pyrrole nitrogens is 1. The lowest BCUT2D eigenvalue weighted by Crippen LogP contribution is -2.40. The average molecular weight is 529 g/mol. The van der Waals surface area contributed by atoms with Crippen LogP contribution in [0.1, 0.15) is 40.8 Å². The highest BCUT2D eigenvalue weighted by Crippen LogP contribution is 2.34. The van der Waals surface area contributed by atoms with Crippen molar-refractivity contribution in [2.75, 3.05) is 31.7 Å². The van der Waals surface area contributed by atoms with Gasteiger partial charge < -0.3 is 19.7 Å². The molecular weight excluding hydrogens is 500 g/mol. The highest BCUT2D eigenvalue weighted by Gasteiger charge is 2.28. The van der Waals surface area contributed by atoms with Crippen molar-refractivity contribution in [2.45, 2.75) is 25.5 Å². The van der Waals surface area contributed by atoms with Gasteiger partial charge in [-0.1, -0.05) is 18.2 Å². The molecule has 2 aromatic carbocycles. The second-order valence-electron chi connectivity index (χ2n) is 9.83. The van der Waals surface area contributed by atoms with E-state index in [4.69, 9.17) is 14.5 Å². The van der Waals surface area contributed by atoms with Crippen molar-refractivity contribution in [3.8, 4) is 5.75 Å². The smallest absolute Gasteiger partial charge is 0.252 e. The van der Waals surface area contributed by atoms with Crippen LogP contribution in [0.2, 0.25) is 0 Å². The number of ether oxygens (including phenoxy) is 2. The molecule has 5 aromatic rings. The van der Waals surface area contributed by atoms with Crippen LogP contribution in [0.15, 0.2) is 60.9 Å². The number of amides is 1. The van der Waals surface area contributed by atoms with E-state index in [1.54, 1.807) is 30.6 Å². The third-order valence-corrected chi connectivity index (χ3v) is 8.23. The first-order chi connectivity index (χ1) is 18.4. The summed E-state index contributed by atoms with van der Waals surface area (Å²) in [6, 6.07) is 15.3. The van der Waals surface area contributed by atoms with Crippen molar-refractivity contribution in [2.24, 2.45) is 0 Å². The number of aromatic amines is 1. The van der Waals surface area contributed by atoms with E-state index >= 15 is 0 Å². The lowest BCUT2D eigenvalue weighted by Gasteiger charge is -2.33. The van der Waals surface area contributed by atoms with Crippen molar-refractivity contribution < 1.29 is 14.3 Å². The molecule has 0 spiro atoms. The van der Waals surface area contributed by atoms with Crippen LogP contribution in [0, 0.1) is 0 Å². The first-order valence-corrected chi connectivity index (χ1v) is 13.2. The molecule has 1 unspecified atom stereocenters. The molecule has 9 nitrogen and oxygen atoms in total. The standard InChI is InChI=1S/C28H28N6O3S/c1-28(2,32-26(35)17-6-4-7-18(12-17)36-3)25-13-22-24(38-25)15-29-27(31-22)34-10-11-37-23(16-34)19-8-5-9-21-20(19)14-30-33-21/h4-9,12-15,23H,10-11,16H2,1-3H3,(H,30,33)(H,32,35). The van der Waals surface area contributed by atoms with Crippen LogP contribution in [-0.4, -0.2) is 52.9 Å². The van der Waals surface area contributed by atoms with Gasteiger partial charge >= 0.3 is 0 Å². The Balaban J connectivity index is 1.22. The molecule has 38 heavy (non-hydrogen) atoms. The van der Waals surface area contributed by atoms with Crippen LogP contribution in [0.25, 0.3) is 21.1 Å². The Morgan fingerprint density at radius 3 is 2.95 bits per heavy atom. The van der Waals surface area contributed by atoms with Gasteiger partial charge in [0.1, 0.15) is 11.9 Å². The monoisotopic (exact) mass is 528 g/mol. The Labute approximate surface area is 223 Å². The number of aromatic nitrogens is 4. The van der Waals surface area contributed by atoms with Gasteiger partial charge in [0.15, 0.2) is 0 Å². The van der Waals surface area contributed by atoms with E-state index in [2.05, 4.69) is 31.5 Å². The van der Waals surface area contributed by atoms with Gasteiger partial charge in [-0.2, -0.15) is 5.10 Å². The minimum atomic E-state index is -0.598. The van der Waals surface area contributed by atoms with E-state index in [-0.39, 0.29) is 12.0 Å². The molecule has 10 heteroatoms. The first-order valence-electron chi connectivity index (χ1n) is 12.4. The molecule has 0 aliphatic carbocycles. The Morgan fingerprint density at radius 2 is 2.08 bits per heavy atom. The number of thiophene rings is 1. The third kappa shape index (κ3) is 4.57. The number of nitrogens with zero attached hydrogens (tertiary/aromatic N) is 4. The molecule has 1 aliphatic rings. The molecule has 1 amide bonds. The molecule has 0 saturated carbocycles. The van der Waals surface area contributed by atoms with Gasteiger partial charge in [-0.3, -0.25) is 9.89 Å². The fourth-order valence-corrected chi connectivity index (χ4v) is 5.79. The number of rotatable bonds is 6. The van der Waals surface area contributed by atoms with E-state index in [0.29, 0.717) is 37.0 Å². The predicted octanol–water partition coefficient (Wildman–Crippen LogP) is 4.82. The number of methoxy groups -OCH3 is 1. The lowest BCUT2D eigenvalue weighted by atomic mass is 10.0. The molecule has 1 aliphatic heterocycles. The Morgan fingerprint density at radius 1 is 1.21 bits per heavy atom. The second-order valence-corrected chi connectivity index (χ2v) is 10.9. The van der Waals surface area contributed by atoms with Crippen LogP contribution < -0.4 is 15.0 Å². The normalized spacial score (nSPS) is 16.2. The molecule has 2 N–H and O–H groups in total. The molecular formula is C28H28N6O3S. The van der Waals surface area contributed by atoms with Gasteiger partial charge in [0.2, 0.25) is 5.95 Å². The summed E-state index contributed by atoms with van der Waals surface area (Å²) in [7, 11) is 1.59. The maximum absolute atomic E-state index is 13.0. The molecule has 0 radical (unpaired) electrons. The summed E-state index contributed by atoms with van der Waals surface area (Å²) in [5, 5.41) is 11.4. The summed E-state index contributed by atoms with van der Waals surface area (Å²) in [4.78, 5) is 25.7. The first kappa shape index (κ1) is 24.3. The second kappa shape index (κ2) is 9.70. The number of anilines is 1. The van der Waals surface area contributed by atoms with E-state index < -0.39 is 5.54 Å². The minimum Gasteiger partial charge on any atom is -0.497 e. The average Bonchev–Trinajstić information content (AvgIpc) is 3.60. The van der Waals surface area contributed by atoms with E-state index in [1.807, 2.05) is 56.6 Å². The van der Waals surface area contributed by atoms with Crippen molar-refractivity contribution in [3.05, 3.63) is 76.9 Å². The van der Waals surface area contributed by atoms with Crippen molar-refractivity contribution >= 4 is 44.3 Å². The summed E-state index contributed by atoms with van der Waals surface area (Å²) in [5.74, 6) is 1.16. The summed E-state index contributed by atoms with van der Waals surface area (Å²) >= 11 is 1.59. The topological polar surface area (TPSA) is 105 Å². The van der Waals surface area contributed by atoms with Crippen LogP contribution >= 0.6 is 11.3 Å². The van der Waals surface area contributed by atoms with Crippen LogP contribution in [0.4, 0.5) is 5.95 Å². The predicted molar refractivity (Wildman–Crippen MR) is 148 cm³/mol. The van der Waals surface area contributed by atoms with Crippen molar-refractivity contribution in [1.82, 2.24) is 25.5 Å². The van der Waals surface area contributed by atoms with Crippen molar-refractivity contribution in [1.29, 1.82) is 0 Å². The lowest BCUT2D eigenvalue weighted by molar-refractivity contribution is 0.0402. The number of carbonyl (C=O) groups excluding carboxylic acids is 1. The molecule has 6 rings (SSSR count). The number of carbonyl (C=O) groups is 1. The number of hydrogen-bond donors (Lipinski definition) is 2. The van der Waals surface area contributed by atoms with Gasteiger partial charge in [0.05, 0.1) is 53.9 Å². The number of hydrogen-bond acceptors (Lipinski definition) is 8. The van der Waals surface area contributed by atoms with Gasteiger partial charge in [0.25, 0.3) is 5.91 Å². The number of nitrogens with one attached hydrogen (secondary N) is 2. The van der Waals surface area contributed by atoms with Crippen LogP contribution in [-0.2, 0) is 10.3 Å². The molecule has 194 valence electrons. The highest BCUT2D eigenvalue weighted by atomic mass is 32.1. The summed E-state index contributed by atoms with van der Waals surface area (Å²) < 4.78 is 12.4. The fraction of sp³-hybridized carbons (Fsp3) is 0.286. The van der Waals surface area contributed by atoms with Crippen LogP contribution in [0.5, 0.6) is 5.75 Å². The summed E-state index contributed by atoms with van der Waals surface area (Å²) in [6.45, 7) is 5.93. The number of fused-ring (bicyclic) bond motifs is 2. The van der Waals surface area contributed by atoms with Gasteiger partial charge in [-0.15, -0.1) is 11.3 Å². The molecule has 1 atom stereocenters. The van der Waals surface area contributed by atoms with Gasteiger partial charge in [-0.25, -0.2) is 9.97 Å². The zero-order valence-electron chi connectivity index (χ0n) is 21.4. The number of benzene rings is 2. The molecule has 3 aromatic heterocycles. The van der Waals surface area contributed by atoms with E-state index in [0.717, 1.165) is 31.6 Å². The largest absolute Gasteiger partial charge is 0.497 e. The maximum atomic E-state index is 13.0. The highest BCUT2D eigenvalue weighted by molar-refractivity contribution is 7.19. The molecule has 1 saturated heterocycles. The number of morpholine rings is 1. The zero-order chi connectivity index (χ0) is 26.3. The van der Waals surface area contributed by atoms with Crippen molar-refractivity contribution in [3.63, 3.8) is 0 Å². The third-order valence-electron chi connectivity index (χ3n) is 6.85. The minimum absolute atomic E-state index is 0.104. The SMILES string of the molecule is COc1cccc(C(=O)NC(C)(C)c2cc3nc(N4CCOC(c5cccc6[nH]ncc56)C4)ncc3s2)c1. The van der Waals surface area contributed by atoms with Crippen LogP contribution in [0.3, 0.4) is 0 Å². The Bertz CT molecular complexity index is 1630. The molecule has 1 fully saturated rings. The quantitative estimate of drug-likeness (QED) is 0.326. The molecule has 0 bridgehead atoms. The summed E-state index contributed by atoms with van der Waals surface area (Å²) in [5.41, 5.74) is 2.91. The Kier molecular flexibility index (Phi) is 6.21. The van der Waals surface area contributed by atoms with E-state index in [1.165, 1.54) is 0 Å². The van der Waals surface area contributed by atoms with Gasteiger partial charge in [0, 0.05) is 22.4 Å². The van der Waals surface area contributed by atoms with Gasteiger partial charge in [-0.05, 0) is 49.7 Å². The maximum Gasteiger partial charge on any atom is 0.252 e. The fourth-order valence-electron chi connectivity index (χ4n) is 4.76. The molecule has 4 heterocycles. The zero-order valence-corrected chi connectivity index (χ0v) is 22.2. The van der Waals surface area contributed by atoms with E-state index in [9.17, 15) is 4.79 Å². The Hall–Kier alpha value is -4.02.